The minimum absolute atomic E-state index is 0.0406. The van der Waals surface area contributed by atoms with Crippen molar-refractivity contribution in [2.75, 3.05) is 112 Å². The molecular formula is C37H49NO10. The van der Waals surface area contributed by atoms with Crippen LogP contribution in [0.15, 0.2) is 78.9 Å². The second kappa shape index (κ2) is 23.7. The molecule has 3 aromatic rings. The van der Waals surface area contributed by atoms with Crippen molar-refractivity contribution in [1.82, 2.24) is 5.32 Å². The summed E-state index contributed by atoms with van der Waals surface area (Å²) < 4.78 is 49.6. The average molecular weight is 668 g/mol. The highest BCUT2D eigenvalue weighted by Gasteiger charge is 2.28. The van der Waals surface area contributed by atoms with Crippen LogP contribution in [0.2, 0.25) is 0 Å². The molecule has 0 bridgehead atoms. The van der Waals surface area contributed by atoms with Crippen LogP contribution in [-0.2, 0) is 37.9 Å². The predicted molar refractivity (Wildman–Crippen MR) is 181 cm³/mol. The maximum Gasteiger partial charge on any atom is 0.407 e. The number of fused-ring (bicyclic) bond motifs is 3. The smallest absolute Gasteiger partial charge is 0.407 e. The molecule has 0 saturated carbocycles. The van der Waals surface area contributed by atoms with E-state index >= 15 is 0 Å². The second-order valence-electron chi connectivity index (χ2n) is 10.7. The molecule has 0 spiro atoms. The molecule has 262 valence electrons. The van der Waals surface area contributed by atoms with Crippen LogP contribution < -0.4 is 10.1 Å². The molecule has 0 heterocycles. The van der Waals surface area contributed by atoms with Gasteiger partial charge in [0.1, 0.15) is 19.0 Å². The number of rotatable bonds is 27. The molecule has 0 atom stereocenters. The topological polar surface area (TPSA) is 112 Å². The Kier molecular flexibility index (Phi) is 18.4. The van der Waals surface area contributed by atoms with E-state index in [1.165, 1.54) is 22.3 Å². The summed E-state index contributed by atoms with van der Waals surface area (Å²) in [7, 11) is 0. The van der Waals surface area contributed by atoms with E-state index in [2.05, 4.69) is 29.6 Å². The van der Waals surface area contributed by atoms with Gasteiger partial charge in [0.05, 0.1) is 92.5 Å². The van der Waals surface area contributed by atoms with Crippen molar-refractivity contribution in [3.63, 3.8) is 0 Å². The van der Waals surface area contributed by atoms with E-state index in [0.29, 0.717) is 112 Å². The molecule has 0 radical (unpaired) electrons. The van der Waals surface area contributed by atoms with Crippen LogP contribution in [0.25, 0.3) is 11.1 Å². The zero-order valence-corrected chi connectivity index (χ0v) is 27.7. The minimum Gasteiger partial charge on any atom is -0.491 e. The molecule has 0 aromatic heterocycles. The highest BCUT2D eigenvalue weighted by atomic mass is 16.6. The molecule has 1 aliphatic carbocycles. The van der Waals surface area contributed by atoms with Gasteiger partial charge in [-0.3, -0.25) is 0 Å². The van der Waals surface area contributed by atoms with E-state index in [9.17, 15) is 4.79 Å². The SMILES string of the molecule is O=C(NCCOCCOCCOCCOCCOCCOCCOCCOc1ccccc1)OCC1c2ccccc2-c2ccccc21. The van der Waals surface area contributed by atoms with Crippen LogP contribution >= 0.6 is 0 Å². The van der Waals surface area contributed by atoms with Gasteiger partial charge in [-0.25, -0.2) is 4.79 Å². The van der Waals surface area contributed by atoms with Crippen molar-refractivity contribution in [1.29, 1.82) is 0 Å². The molecule has 0 saturated heterocycles. The van der Waals surface area contributed by atoms with E-state index in [0.717, 1.165) is 5.75 Å². The number of carbonyl (C=O) groups excluding carboxylic acids is 1. The fourth-order valence-corrected chi connectivity index (χ4v) is 5.03. The van der Waals surface area contributed by atoms with E-state index < -0.39 is 6.09 Å². The van der Waals surface area contributed by atoms with Crippen molar-refractivity contribution in [3.05, 3.63) is 90.0 Å². The third kappa shape index (κ3) is 14.3. The van der Waals surface area contributed by atoms with Crippen LogP contribution in [0.5, 0.6) is 5.75 Å². The largest absolute Gasteiger partial charge is 0.491 e. The summed E-state index contributed by atoms with van der Waals surface area (Å²) >= 11 is 0. The first kappa shape index (κ1) is 37.3. The number of hydrogen-bond acceptors (Lipinski definition) is 10. The molecule has 1 aliphatic rings. The molecule has 0 unspecified atom stereocenters. The molecule has 1 N–H and O–H groups in total. The van der Waals surface area contributed by atoms with Gasteiger partial charge in [-0.2, -0.15) is 0 Å². The van der Waals surface area contributed by atoms with Crippen LogP contribution in [0, 0.1) is 0 Å². The number of hydrogen-bond donors (Lipinski definition) is 1. The Morgan fingerprint density at radius 3 is 1.35 bits per heavy atom. The van der Waals surface area contributed by atoms with Gasteiger partial charge in [0, 0.05) is 12.5 Å². The number of amides is 1. The Morgan fingerprint density at radius 1 is 0.479 bits per heavy atom. The number of ether oxygens (including phenoxy) is 9. The van der Waals surface area contributed by atoms with Gasteiger partial charge in [0.2, 0.25) is 0 Å². The van der Waals surface area contributed by atoms with Gasteiger partial charge in [-0.15, -0.1) is 0 Å². The Balaban J connectivity index is 0.832. The van der Waals surface area contributed by atoms with Gasteiger partial charge >= 0.3 is 6.09 Å². The van der Waals surface area contributed by atoms with Crippen LogP contribution in [0.4, 0.5) is 4.79 Å². The summed E-state index contributed by atoms with van der Waals surface area (Å²) in [5.41, 5.74) is 4.78. The highest BCUT2D eigenvalue weighted by molar-refractivity contribution is 5.79. The molecule has 1 amide bonds. The first-order valence-electron chi connectivity index (χ1n) is 16.6. The third-order valence-electron chi connectivity index (χ3n) is 7.33. The molecular weight excluding hydrogens is 618 g/mol. The quantitative estimate of drug-likeness (QED) is 0.115. The maximum absolute atomic E-state index is 12.2. The molecule has 0 aliphatic heterocycles. The zero-order valence-electron chi connectivity index (χ0n) is 27.7. The van der Waals surface area contributed by atoms with E-state index in [4.69, 9.17) is 42.6 Å². The van der Waals surface area contributed by atoms with Crippen molar-refractivity contribution in [2.24, 2.45) is 0 Å². The lowest BCUT2D eigenvalue weighted by molar-refractivity contribution is -0.0211. The van der Waals surface area contributed by atoms with Crippen LogP contribution in [0.3, 0.4) is 0 Å². The van der Waals surface area contributed by atoms with Crippen LogP contribution in [-0.4, -0.2) is 118 Å². The molecule has 11 nitrogen and oxygen atoms in total. The Labute approximate surface area is 283 Å². The fourth-order valence-electron chi connectivity index (χ4n) is 5.03. The summed E-state index contributed by atoms with van der Waals surface area (Å²) in [6.45, 7) is 7.91. The number of benzene rings is 3. The molecule has 3 aromatic carbocycles. The van der Waals surface area contributed by atoms with Crippen molar-refractivity contribution < 1.29 is 47.4 Å². The van der Waals surface area contributed by atoms with Gasteiger partial charge in [0.25, 0.3) is 0 Å². The Morgan fingerprint density at radius 2 is 0.875 bits per heavy atom. The van der Waals surface area contributed by atoms with Crippen molar-refractivity contribution >= 4 is 6.09 Å². The molecule has 0 fully saturated rings. The number of nitrogens with one attached hydrogen (secondary N) is 1. The predicted octanol–water partition coefficient (Wildman–Crippen LogP) is 4.72. The van der Waals surface area contributed by atoms with E-state index in [-0.39, 0.29) is 5.92 Å². The van der Waals surface area contributed by atoms with Crippen molar-refractivity contribution in [2.45, 2.75) is 5.92 Å². The number of para-hydroxylation sites is 1. The monoisotopic (exact) mass is 667 g/mol. The summed E-state index contributed by atoms with van der Waals surface area (Å²) in [5.74, 6) is 0.881. The van der Waals surface area contributed by atoms with Gasteiger partial charge < -0.3 is 47.9 Å². The van der Waals surface area contributed by atoms with E-state index in [1.807, 2.05) is 54.6 Å². The van der Waals surface area contributed by atoms with E-state index in [1.54, 1.807) is 0 Å². The van der Waals surface area contributed by atoms with Gasteiger partial charge in [0.15, 0.2) is 0 Å². The first-order chi connectivity index (χ1) is 23.8. The van der Waals surface area contributed by atoms with Crippen LogP contribution in [0.1, 0.15) is 17.0 Å². The third-order valence-corrected chi connectivity index (χ3v) is 7.33. The zero-order chi connectivity index (χ0) is 33.3. The summed E-state index contributed by atoms with van der Waals surface area (Å²) in [4.78, 5) is 12.2. The van der Waals surface area contributed by atoms with Crippen molar-refractivity contribution in [3.8, 4) is 16.9 Å². The van der Waals surface area contributed by atoms with Gasteiger partial charge in [-0.05, 0) is 34.4 Å². The highest BCUT2D eigenvalue weighted by Crippen LogP contribution is 2.44. The fraction of sp³-hybridized carbons (Fsp3) is 0.486. The summed E-state index contributed by atoms with van der Waals surface area (Å²) in [5, 5.41) is 2.74. The Hall–Kier alpha value is -3.55. The normalized spacial score (nSPS) is 12.1. The lowest BCUT2D eigenvalue weighted by Gasteiger charge is -2.14. The lowest BCUT2D eigenvalue weighted by atomic mass is 9.98. The maximum atomic E-state index is 12.2. The summed E-state index contributed by atoms with van der Waals surface area (Å²) in [6.07, 6.45) is -0.449. The second-order valence-corrected chi connectivity index (χ2v) is 10.7. The standard InChI is InChI=1S/C37H49NO10/c39-37(48-30-36-34-12-6-4-10-32(34)33-11-5-7-13-35(33)36)38-14-15-40-16-17-41-18-19-42-20-21-43-22-23-44-24-25-45-26-27-46-28-29-47-31-8-2-1-3-9-31/h1-13,36H,14-30H2,(H,38,39). The van der Waals surface area contributed by atoms with Gasteiger partial charge in [-0.1, -0.05) is 66.7 Å². The molecule has 4 rings (SSSR count). The molecule has 48 heavy (non-hydrogen) atoms. The number of alkyl carbamates (subject to hydrolysis) is 1. The number of carbonyl (C=O) groups is 1. The molecule has 11 heteroatoms. The Bertz CT molecular complexity index is 1230. The average Bonchev–Trinajstić information content (AvgIpc) is 3.44. The minimum atomic E-state index is -0.449. The lowest BCUT2D eigenvalue weighted by Crippen LogP contribution is -2.29. The first-order valence-corrected chi connectivity index (χ1v) is 16.6. The summed E-state index contributed by atoms with van der Waals surface area (Å²) in [6, 6.07) is 26.2.